The summed E-state index contributed by atoms with van der Waals surface area (Å²) < 4.78 is 5.70. The van der Waals surface area contributed by atoms with E-state index in [0.29, 0.717) is 21.8 Å². The molecule has 1 aromatic carbocycles. The highest BCUT2D eigenvalue weighted by Gasteiger charge is 2.11. The summed E-state index contributed by atoms with van der Waals surface area (Å²) in [5, 5.41) is 1.10. The quantitative estimate of drug-likeness (QED) is 0.773. The molecule has 18 heavy (non-hydrogen) atoms. The number of hydrogen-bond donors (Lipinski definition) is 0. The van der Waals surface area contributed by atoms with Crippen LogP contribution in [0.5, 0.6) is 11.6 Å². The van der Waals surface area contributed by atoms with E-state index in [4.69, 9.17) is 27.9 Å². The zero-order chi connectivity index (χ0) is 13.0. The Hall–Kier alpha value is -1.32. The molecule has 5 heteroatoms. The van der Waals surface area contributed by atoms with Crippen LogP contribution < -0.4 is 4.74 Å². The summed E-state index contributed by atoms with van der Waals surface area (Å²) in [6.45, 7) is 2.06. The number of benzene rings is 1. The van der Waals surface area contributed by atoms with Crippen molar-refractivity contribution in [1.82, 2.24) is 9.97 Å². The third-order valence-corrected chi connectivity index (χ3v) is 2.96. The first-order valence-corrected chi connectivity index (χ1v) is 6.39. The topological polar surface area (TPSA) is 35.0 Å². The first-order chi connectivity index (χ1) is 8.70. The third-order valence-electron chi connectivity index (χ3n) is 2.38. The zero-order valence-corrected chi connectivity index (χ0v) is 11.4. The smallest absolute Gasteiger partial charge is 0.226 e. The fourth-order valence-electron chi connectivity index (χ4n) is 1.54. The van der Waals surface area contributed by atoms with E-state index in [9.17, 15) is 0 Å². The van der Waals surface area contributed by atoms with Crippen LogP contribution in [0.15, 0.2) is 30.6 Å². The number of ether oxygens (including phenoxy) is 1. The molecule has 0 amide bonds. The van der Waals surface area contributed by atoms with Crippen molar-refractivity contribution in [2.75, 3.05) is 0 Å². The highest BCUT2D eigenvalue weighted by Crippen LogP contribution is 2.28. The molecule has 2 aromatic rings. The molecule has 3 nitrogen and oxygen atoms in total. The van der Waals surface area contributed by atoms with Crippen LogP contribution in [0.1, 0.15) is 18.9 Å². The van der Waals surface area contributed by atoms with Gasteiger partial charge in [-0.15, -0.1) is 0 Å². The van der Waals surface area contributed by atoms with Gasteiger partial charge in [-0.3, -0.25) is 0 Å². The Morgan fingerprint density at radius 3 is 2.50 bits per heavy atom. The highest BCUT2D eigenvalue weighted by molar-refractivity contribution is 6.30. The van der Waals surface area contributed by atoms with Crippen LogP contribution in [0.25, 0.3) is 0 Å². The molecule has 0 N–H and O–H groups in total. The molecule has 1 heterocycles. The van der Waals surface area contributed by atoms with Crippen molar-refractivity contribution in [3.8, 4) is 11.6 Å². The molecular weight excluding hydrogens is 271 g/mol. The van der Waals surface area contributed by atoms with E-state index in [0.717, 1.165) is 18.4 Å². The minimum atomic E-state index is 0.441. The number of nitrogens with zero attached hydrogens (tertiary/aromatic N) is 2. The number of halogens is 2. The lowest BCUT2D eigenvalue weighted by Crippen LogP contribution is -1.97. The highest BCUT2D eigenvalue weighted by atomic mass is 35.5. The summed E-state index contributed by atoms with van der Waals surface area (Å²) in [4.78, 5) is 8.09. The Morgan fingerprint density at radius 1 is 1.11 bits per heavy atom. The predicted octanol–water partition coefficient (Wildman–Crippen LogP) is 4.53. The van der Waals surface area contributed by atoms with Crippen LogP contribution >= 0.6 is 23.2 Å². The van der Waals surface area contributed by atoms with E-state index in [1.54, 1.807) is 24.3 Å². The van der Waals surface area contributed by atoms with Crippen molar-refractivity contribution in [1.29, 1.82) is 0 Å². The molecule has 94 valence electrons. The van der Waals surface area contributed by atoms with Crippen LogP contribution in [0.3, 0.4) is 0 Å². The summed E-state index contributed by atoms with van der Waals surface area (Å²) >= 11 is 11.9. The summed E-state index contributed by atoms with van der Waals surface area (Å²) in [5.74, 6) is 1.17. The minimum Gasteiger partial charge on any atom is -0.439 e. The van der Waals surface area contributed by atoms with Gasteiger partial charge >= 0.3 is 0 Å². The standard InChI is InChI=1S/C13H12Cl2N2O/c1-2-3-11-12(15)16-8-17-13(11)18-10-6-4-9(14)5-7-10/h4-8H,2-3H2,1H3. The Morgan fingerprint density at radius 2 is 1.83 bits per heavy atom. The molecule has 0 aliphatic carbocycles. The molecule has 0 radical (unpaired) electrons. The molecule has 0 fully saturated rings. The average Bonchev–Trinajstić information content (AvgIpc) is 2.36. The molecule has 2 rings (SSSR count). The van der Waals surface area contributed by atoms with Crippen molar-refractivity contribution in [2.45, 2.75) is 19.8 Å². The maximum absolute atomic E-state index is 6.05. The van der Waals surface area contributed by atoms with E-state index in [1.807, 2.05) is 0 Å². The average molecular weight is 283 g/mol. The first-order valence-electron chi connectivity index (χ1n) is 5.63. The fourth-order valence-corrected chi connectivity index (χ4v) is 1.88. The lowest BCUT2D eigenvalue weighted by atomic mass is 10.2. The van der Waals surface area contributed by atoms with Gasteiger partial charge in [0.15, 0.2) is 0 Å². The van der Waals surface area contributed by atoms with E-state index in [-0.39, 0.29) is 0 Å². The van der Waals surface area contributed by atoms with Crippen LogP contribution in [-0.4, -0.2) is 9.97 Å². The van der Waals surface area contributed by atoms with E-state index in [2.05, 4.69) is 16.9 Å². The molecule has 1 aromatic heterocycles. The molecule has 0 saturated heterocycles. The van der Waals surface area contributed by atoms with E-state index >= 15 is 0 Å². The second-order valence-electron chi connectivity index (χ2n) is 3.75. The molecular formula is C13H12Cl2N2O. The summed E-state index contributed by atoms with van der Waals surface area (Å²) in [6.07, 6.45) is 3.12. The van der Waals surface area contributed by atoms with Gasteiger partial charge < -0.3 is 4.74 Å². The maximum Gasteiger partial charge on any atom is 0.226 e. The summed E-state index contributed by atoms with van der Waals surface area (Å²) in [6, 6.07) is 7.10. The van der Waals surface area contributed by atoms with Gasteiger partial charge in [-0.2, -0.15) is 0 Å². The van der Waals surface area contributed by atoms with Crippen molar-refractivity contribution in [2.24, 2.45) is 0 Å². The molecule has 0 unspecified atom stereocenters. The van der Waals surface area contributed by atoms with Gasteiger partial charge in [0.25, 0.3) is 0 Å². The summed E-state index contributed by atoms with van der Waals surface area (Å²) in [7, 11) is 0. The molecule has 0 aliphatic heterocycles. The van der Waals surface area contributed by atoms with Gasteiger partial charge in [-0.25, -0.2) is 9.97 Å². The van der Waals surface area contributed by atoms with Gasteiger partial charge in [-0.05, 0) is 30.7 Å². The van der Waals surface area contributed by atoms with Crippen molar-refractivity contribution in [3.63, 3.8) is 0 Å². The number of hydrogen-bond acceptors (Lipinski definition) is 3. The van der Waals surface area contributed by atoms with Gasteiger partial charge in [0.2, 0.25) is 5.88 Å². The second kappa shape index (κ2) is 6.03. The Kier molecular flexibility index (Phi) is 4.39. The first kappa shape index (κ1) is 13.1. The molecule has 0 saturated carbocycles. The lowest BCUT2D eigenvalue weighted by molar-refractivity contribution is 0.454. The normalized spacial score (nSPS) is 10.4. The number of aromatic nitrogens is 2. The third kappa shape index (κ3) is 3.12. The molecule has 0 spiro atoms. The predicted molar refractivity (Wildman–Crippen MR) is 72.6 cm³/mol. The SMILES string of the molecule is CCCc1c(Cl)ncnc1Oc1ccc(Cl)cc1. The van der Waals surface area contributed by atoms with E-state index < -0.39 is 0 Å². The van der Waals surface area contributed by atoms with Crippen molar-refractivity contribution in [3.05, 3.63) is 46.3 Å². The van der Waals surface area contributed by atoms with E-state index in [1.165, 1.54) is 6.33 Å². The van der Waals surface area contributed by atoms with Crippen LogP contribution in [-0.2, 0) is 6.42 Å². The van der Waals surface area contributed by atoms with Crippen molar-refractivity contribution < 1.29 is 4.74 Å². The minimum absolute atomic E-state index is 0.441. The zero-order valence-electron chi connectivity index (χ0n) is 9.86. The van der Waals surface area contributed by atoms with Gasteiger partial charge in [0, 0.05) is 5.02 Å². The Bertz CT molecular complexity index is 529. The van der Waals surface area contributed by atoms with Crippen molar-refractivity contribution >= 4 is 23.2 Å². The molecule has 0 bridgehead atoms. The summed E-state index contributed by atoms with van der Waals surface area (Å²) in [5.41, 5.74) is 0.830. The Balaban J connectivity index is 2.28. The second-order valence-corrected chi connectivity index (χ2v) is 4.55. The van der Waals surface area contributed by atoms with Gasteiger partial charge in [0.05, 0.1) is 5.56 Å². The lowest BCUT2D eigenvalue weighted by Gasteiger charge is -2.10. The fraction of sp³-hybridized carbons (Fsp3) is 0.231. The molecule has 0 aliphatic rings. The van der Waals surface area contributed by atoms with Crippen LogP contribution in [0.4, 0.5) is 0 Å². The van der Waals surface area contributed by atoms with Crippen LogP contribution in [0, 0.1) is 0 Å². The maximum atomic E-state index is 6.05. The number of rotatable bonds is 4. The molecule has 0 atom stereocenters. The Labute approximate surface area is 116 Å². The monoisotopic (exact) mass is 282 g/mol. The van der Waals surface area contributed by atoms with Gasteiger partial charge in [0.1, 0.15) is 17.2 Å². The van der Waals surface area contributed by atoms with Crippen LogP contribution in [0.2, 0.25) is 10.2 Å². The van der Waals surface area contributed by atoms with Gasteiger partial charge in [-0.1, -0.05) is 36.5 Å². The largest absolute Gasteiger partial charge is 0.439 e.